The average molecular weight is 438 g/mol. The number of likely N-dealkylation sites (tertiary alicyclic amines) is 1. The maximum atomic E-state index is 12.8. The normalized spacial score (nSPS) is 22.3. The summed E-state index contributed by atoms with van der Waals surface area (Å²) >= 11 is 1.37. The summed E-state index contributed by atoms with van der Waals surface area (Å²) in [5, 5.41) is 3.50. The van der Waals surface area contributed by atoms with Crippen LogP contribution in [0.1, 0.15) is 20.8 Å². The van der Waals surface area contributed by atoms with E-state index in [1.807, 2.05) is 45.0 Å². The van der Waals surface area contributed by atoms with Crippen molar-refractivity contribution in [2.24, 2.45) is 17.8 Å². The lowest BCUT2D eigenvalue weighted by molar-refractivity contribution is -0.118. The van der Waals surface area contributed by atoms with Gasteiger partial charge < -0.3 is 15.0 Å². The van der Waals surface area contributed by atoms with Gasteiger partial charge in [0.15, 0.2) is 5.13 Å². The largest absolute Gasteiger partial charge is 0.444 e. The highest BCUT2D eigenvalue weighted by Gasteiger charge is 2.60. The Balaban J connectivity index is 1.22. The third-order valence-corrected chi connectivity index (χ3v) is 6.49. The van der Waals surface area contributed by atoms with E-state index < -0.39 is 5.60 Å². The molecule has 2 fully saturated rings. The van der Waals surface area contributed by atoms with Crippen molar-refractivity contribution in [3.8, 4) is 11.3 Å². The molecule has 4 heterocycles. The van der Waals surface area contributed by atoms with Crippen LogP contribution >= 0.6 is 11.3 Å². The standard InChI is InChI=1S/C22H23N5O3S/c1-22(2,3)30-21(29)27-10-13-14(11-27)17(13)18(28)26-20-25-16-5-4-15(24-19(16)31-20)12-6-8-23-9-7-12/h4-9,13-14,17H,10-11H2,1-3H3,(H,25,26,28)/t13-,14+,17?. The summed E-state index contributed by atoms with van der Waals surface area (Å²) < 4.78 is 5.42. The monoisotopic (exact) mass is 437 g/mol. The van der Waals surface area contributed by atoms with E-state index >= 15 is 0 Å². The SMILES string of the molecule is CC(C)(C)OC(=O)N1C[C@@H]2C(C(=O)Nc3nc4ccc(-c5ccncc5)nc4s3)[C@@H]2C1. The van der Waals surface area contributed by atoms with Gasteiger partial charge in [-0.1, -0.05) is 11.3 Å². The number of carbonyl (C=O) groups is 2. The minimum Gasteiger partial charge on any atom is -0.444 e. The molecule has 0 aromatic carbocycles. The van der Waals surface area contributed by atoms with Gasteiger partial charge >= 0.3 is 6.09 Å². The number of hydrogen-bond acceptors (Lipinski definition) is 7. The van der Waals surface area contributed by atoms with Gasteiger partial charge in [-0.05, 0) is 56.9 Å². The Hall–Kier alpha value is -3.07. The number of anilines is 1. The zero-order valence-corrected chi connectivity index (χ0v) is 18.3. The molecule has 3 atom stereocenters. The summed E-state index contributed by atoms with van der Waals surface area (Å²) in [4.78, 5) is 40.6. The predicted molar refractivity (Wildman–Crippen MR) is 118 cm³/mol. The number of piperidine rings is 1. The zero-order valence-electron chi connectivity index (χ0n) is 17.5. The molecular formula is C22H23N5O3S. The molecule has 3 aromatic rings. The Morgan fingerprint density at radius 3 is 2.48 bits per heavy atom. The van der Waals surface area contributed by atoms with Gasteiger partial charge in [-0.2, -0.15) is 0 Å². The van der Waals surface area contributed by atoms with Gasteiger partial charge in [0.2, 0.25) is 5.91 Å². The number of nitrogens with one attached hydrogen (secondary N) is 1. The van der Waals surface area contributed by atoms with Crippen LogP contribution < -0.4 is 5.32 Å². The van der Waals surface area contributed by atoms with Crippen LogP contribution in [-0.4, -0.2) is 50.5 Å². The smallest absolute Gasteiger partial charge is 0.410 e. The second kappa shape index (κ2) is 7.26. The molecule has 31 heavy (non-hydrogen) atoms. The summed E-state index contributed by atoms with van der Waals surface area (Å²) in [6.45, 7) is 6.68. The predicted octanol–water partition coefficient (Wildman–Crippen LogP) is 3.80. The van der Waals surface area contributed by atoms with E-state index in [4.69, 9.17) is 4.74 Å². The fourth-order valence-corrected chi connectivity index (χ4v) is 4.97. The van der Waals surface area contributed by atoms with Gasteiger partial charge in [-0.25, -0.2) is 14.8 Å². The molecule has 2 amide bonds. The highest BCUT2D eigenvalue weighted by Crippen LogP contribution is 2.52. The van der Waals surface area contributed by atoms with Gasteiger partial charge in [-0.3, -0.25) is 9.78 Å². The van der Waals surface area contributed by atoms with Crippen LogP contribution in [0.5, 0.6) is 0 Å². The van der Waals surface area contributed by atoms with Crippen LogP contribution in [0.2, 0.25) is 0 Å². The summed E-state index contributed by atoms with van der Waals surface area (Å²) in [5.41, 5.74) is 2.07. The van der Waals surface area contributed by atoms with Crippen molar-refractivity contribution in [2.75, 3.05) is 18.4 Å². The van der Waals surface area contributed by atoms with Gasteiger partial charge in [0.1, 0.15) is 15.9 Å². The molecule has 1 aliphatic carbocycles. The molecule has 8 nitrogen and oxygen atoms in total. The molecule has 9 heteroatoms. The van der Waals surface area contributed by atoms with Crippen molar-refractivity contribution in [1.82, 2.24) is 19.9 Å². The summed E-state index contributed by atoms with van der Waals surface area (Å²) in [6.07, 6.45) is 3.16. The van der Waals surface area contributed by atoms with Gasteiger partial charge in [0, 0.05) is 37.0 Å². The summed E-state index contributed by atoms with van der Waals surface area (Å²) in [7, 11) is 0. The van der Waals surface area contributed by atoms with Gasteiger partial charge in [0.05, 0.1) is 5.69 Å². The van der Waals surface area contributed by atoms with E-state index in [0.29, 0.717) is 18.2 Å². The van der Waals surface area contributed by atoms with Crippen molar-refractivity contribution in [1.29, 1.82) is 0 Å². The first kappa shape index (κ1) is 19.9. The van der Waals surface area contributed by atoms with Crippen molar-refractivity contribution < 1.29 is 14.3 Å². The van der Waals surface area contributed by atoms with Gasteiger partial charge in [-0.15, -0.1) is 0 Å². The number of amides is 2. The van der Waals surface area contributed by atoms with Crippen LogP contribution in [0, 0.1) is 17.8 Å². The fraction of sp³-hybridized carbons (Fsp3) is 0.409. The van der Waals surface area contributed by atoms with Crippen LogP contribution in [-0.2, 0) is 9.53 Å². The van der Waals surface area contributed by atoms with Crippen molar-refractivity contribution in [2.45, 2.75) is 26.4 Å². The molecule has 1 saturated carbocycles. The minimum atomic E-state index is -0.515. The molecule has 0 spiro atoms. The first-order valence-electron chi connectivity index (χ1n) is 10.3. The number of nitrogens with zero attached hydrogens (tertiary/aromatic N) is 4. The maximum Gasteiger partial charge on any atom is 0.410 e. The molecule has 1 N–H and O–H groups in total. The highest BCUT2D eigenvalue weighted by atomic mass is 32.1. The number of rotatable bonds is 3. The van der Waals surface area contributed by atoms with E-state index in [-0.39, 0.29) is 29.8 Å². The molecule has 1 saturated heterocycles. The second-order valence-corrected chi connectivity index (χ2v) is 9.98. The Morgan fingerprint density at radius 1 is 1.10 bits per heavy atom. The Kier molecular flexibility index (Phi) is 4.65. The van der Waals surface area contributed by atoms with E-state index in [9.17, 15) is 9.59 Å². The van der Waals surface area contributed by atoms with Gasteiger partial charge in [0.25, 0.3) is 0 Å². The number of fused-ring (bicyclic) bond motifs is 2. The van der Waals surface area contributed by atoms with Crippen molar-refractivity contribution in [3.63, 3.8) is 0 Å². The quantitative estimate of drug-likeness (QED) is 0.669. The molecule has 2 aliphatic rings. The van der Waals surface area contributed by atoms with E-state index in [1.165, 1.54) is 11.3 Å². The zero-order chi connectivity index (χ0) is 21.8. The Bertz CT molecular complexity index is 1140. The first-order valence-corrected chi connectivity index (χ1v) is 11.1. The van der Waals surface area contributed by atoms with E-state index in [0.717, 1.165) is 21.6 Å². The second-order valence-electron chi connectivity index (χ2n) is 9.00. The fourth-order valence-electron chi connectivity index (χ4n) is 4.13. The lowest BCUT2D eigenvalue weighted by atomic mass is 10.2. The summed E-state index contributed by atoms with van der Waals surface area (Å²) in [6, 6.07) is 7.64. The molecule has 160 valence electrons. The van der Waals surface area contributed by atoms with E-state index in [1.54, 1.807) is 17.3 Å². The van der Waals surface area contributed by atoms with Crippen LogP contribution in [0.3, 0.4) is 0 Å². The van der Waals surface area contributed by atoms with Crippen LogP contribution in [0.4, 0.5) is 9.93 Å². The Morgan fingerprint density at radius 2 is 1.81 bits per heavy atom. The lowest BCUT2D eigenvalue weighted by Crippen LogP contribution is -2.38. The Labute approximate surface area is 183 Å². The number of aromatic nitrogens is 3. The maximum absolute atomic E-state index is 12.8. The lowest BCUT2D eigenvalue weighted by Gasteiger charge is -2.25. The van der Waals surface area contributed by atoms with Crippen molar-refractivity contribution in [3.05, 3.63) is 36.7 Å². The third-order valence-electron chi connectivity index (χ3n) is 5.61. The number of pyridine rings is 2. The number of hydrogen-bond donors (Lipinski definition) is 1. The molecule has 3 aromatic heterocycles. The number of thiazole rings is 1. The van der Waals surface area contributed by atoms with Crippen LogP contribution in [0.25, 0.3) is 21.6 Å². The van der Waals surface area contributed by atoms with Crippen LogP contribution in [0.15, 0.2) is 36.7 Å². The molecule has 0 radical (unpaired) electrons. The minimum absolute atomic E-state index is 0.0350. The average Bonchev–Trinajstić information content (AvgIpc) is 3.05. The summed E-state index contributed by atoms with van der Waals surface area (Å²) in [5.74, 6) is 0.273. The molecule has 5 rings (SSSR count). The highest BCUT2D eigenvalue weighted by molar-refractivity contribution is 7.22. The molecule has 0 bridgehead atoms. The molecular weight excluding hydrogens is 414 g/mol. The van der Waals surface area contributed by atoms with Crippen molar-refractivity contribution >= 4 is 38.8 Å². The first-order chi connectivity index (χ1) is 14.8. The number of carbonyl (C=O) groups excluding carboxylic acids is 2. The van der Waals surface area contributed by atoms with E-state index in [2.05, 4.69) is 20.3 Å². The topological polar surface area (TPSA) is 97.3 Å². The molecule has 1 aliphatic heterocycles. The number of ether oxygens (including phenoxy) is 1. The third kappa shape index (κ3) is 3.97. The molecule has 1 unspecified atom stereocenters.